The predicted molar refractivity (Wildman–Crippen MR) is 42.5 cm³/mol. The summed E-state index contributed by atoms with van der Waals surface area (Å²) in [5.74, 6) is 0. The van der Waals surface area contributed by atoms with Crippen molar-refractivity contribution in [1.82, 2.24) is 0 Å². The van der Waals surface area contributed by atoms with Gasteiger partial charge in [0.05, 0.1) is 6.10 Å². The van der Waals surface area contributed by atoms with Gasteiger partial charge in [-0.3, -0.25) is 0 Å². The summed E-state index contributed by atoms with van der Waals surface area (Å²) in [5.41, 5.74) is 0. The second-order valence-electron chi connectivity index (χ2n) is 1.62. The van der Waals surface area contributed by atoms with Crippen LogP contribution in [0.1, 0.15) is 12.8 Å². The standard InChI is InChI=1S/C5H8O.CH3.2ClH.Pd/c6-5-3-1-2-4-5;;;;/h1,3,5-6H,2,4H2;1H3;2*1H;/q;-1;;;+2/p-2/t5-;;;;/m0..../s1. The van der Waals surface area contributed by atoms with E-state index in [0.717, 1.165) is 12.8 Å². The molecule has 0 radical (unpaired) electrons. The summed E-state index contributed by atoms with van der Waals surface area (Å²) in [6.45, 7) is 0. The van der Waals surface area contributed by atoms with E-state index in [1.807, 2.05) is 12.2 Å². The molecule has 1 rings (SSSR count). The van der Waals surface area contributed by atoms with Crippen LogP contribution < -0.4 is 0 Å². The van der Waals surface area contributed by atoms with E-state index >= 15 is 0 Å². The molecule has 1 aliphatic carbocycles. The second kappa shape index (κ2) is 9.94. The van der Waals surface area contributed by atoms with Crippen molar-refractivity contribution >= 4 is 19.1 Å². The van der Waals surface area contributed by atoms with Crippen molar-refractivity contribution in [1.29, 1.82) is 0 Å². The molecule has 1 N–H and O–H groups in total. The maximum atomic E-state index is 8.64. The van der Waals surface area contributed by atoms with Crippen LogP contribution in [-0.4, -0.2) is 11.2 Å². The molecular formula is C6H11Cl2OPd-. The molecule has 4 heteroatoms. The van der Waals surface area contributed by atoms with E-state index in [2.05, 4.69) is 0 Å². The molecule has 0 saturated heterocycles. The van der Waals surface area contributed by atoms with Gasteiger partial charge in [0.25, 0.3) is 0 Å². The minimum atomic E-state index is -0.134. The molecule has 0 aromatic carbocycles. The summed E-state index contributed by atoms with van der Waals surface area (Å²) in [5, 5.41) is 8.64. The van der Waals surface area contributed by atoms with Crippen LogP contribution in [0.15, 0.2) is 12.2 Å². The third kappa shape index (κ3) is 8.94. The number of halogens is 2. The molecule has 0 bridgehead atoms. The topological polar surface area (TPSA) is 20.2 Å². The molecule has 0 aliphatic heterocycles. The van der Waals surface area contributed by atoms with Crippen molar-refractivity contribution in [2.24, 2.45) is 0 Å². The number of allylic oxidation sites excluding steroid dienone is 1. The first kappa shape index (κ1) is 13.5. The Kier molecular flexibility index (Phi) is 13.4. The summed E-state index contributed by atoms with van der Waals surface area (Å²) in [7, 11) is 9.63. The van der Waals surface area contributed by atoms with Gasteiger partial charge in [0.1, 0.15) is 0 Å². The summed E-state index contributed by atoms with van der Waals surface area (Å²) in [4.78, 5) is 0. The Balaban J connectivity index is 0. The predicted octanol–water partition coefficient (Wildman–Crippen LogP) is 2.52. The quantitative estimate of drug-likeness (QED) is 0.409. The van der Waals surface area contributed by atoms with E-state index in [4.69, 9.17) is 24.2 Å². The van der Waals surface area contributed by atoms with Crippen molar-refractivity contribution in [2.75, 3.05) is 0 Å². The van der Waals surface area contributed by atoms with Crippen LogP contribution >= 0.6 is 19.1 Å². The normalized spacial score (nSPS) is 21.3. The maximum absolute atomic E-state index is 8.64. The van der Waals surface area contributed by atoms with Gasteiger partial charge < -0.3 is 12.5 Å². The molecule has 0 fully saturated rings. The second-order valence-corrected chi connectivity index (χ2v) is 3.98. The van der Waals surface area contributed by atoms with E-state index < -0.39 is 0 Å². The average Bonchev–Trinajstić information content (AvgIpc) is 2.20. The van der Waals surface area contributed by atoms with Gasteiger partial charge in [-0.1, -0.05) is 12.2 Å². The summed E-state index contributed by atoms with van der Waals surface area (Å²) >= 11 is -0.106. The molecule has 0 aromatic rings. The Morgan fingerprint density at radius 3 is 2.10 bits per heavy atom. The Labute approximate surface area is 78.5 Å². The molecule has 1 nitrogen and oxygen atoms in total. The number of aliphatic hydroxyl groups is 1. The van der Waals surface area contributed by atoms with Gasteiger partial charge in [-0.2, -0.15) is 0 Å². The van der Waals surface area contributed by atoms with Crippen LogP contribution in [0.5, 0.6) is 0 Å². The van der Waals surface area contributed by atoms with Crippen molar-refractivity contribution in [3.8, 4) is 0 Å². The van der Waals surface area contributed by atoms with Crippen LogP contribution in [0.4, 0.5) is 0 Å². The van der Waals surface area contributed by atoms with Gasteiger partial charge in [0, 0.05) is 0 Å². The van der Waals surface area contributed by atoms with Crippen LogP contribution in [0.25, 0.3) is 0 Å². The van der Waals surface area contributed by atoms with Crippen molar-refractivity contribution in [3.63, 3.8) is 0 Å². The molecule has 0 spiro atoms. The Morgan fingerprint density at radius 1 is 1.50 bits per heavy atom. The van der Waals surface area contributed by atoms with Gasteiger partial charge in [-0.15, -0.1) is 0 Å². The average molecular weight is 276 g/mol. The first-order valence-electron chi connectivity index (χ1n) is 2.48. The van der Waals surface area contributed by atoms with E-state index in [1.54, 1.807) is 0 Å². The third-order valence-electron chi connectivity index (χ3n) is 0.987. The third-order valence-corrected chi connectivity index (χ3v) is 0.987. The molecular weight excluding hydrogens is 265 g/mol. The van der Waals surface area contributed by atoms with Crippen LogP contribution in [0.3, 0.4) is 0 Å². The fourth-order valence-electron chi connectivity index (χ4n) is 0.617. The van der Waals surface area contributed by atoms with Crippen molar-refractivity contribution < 1.29 is 21.0 Å². The summed E-state index contributed by atoms with van der Waals surface area (Å²) < 4.78 is 0. The summed E-state index contributed by atoms with van der Waals surface area (Å²) in [6, 6.07) is 0. The molecule has 0 heterocycles. The number of hydrogen-bond donors (Lipinski definition) is 1. The molecule has 0 aromatic heterocycles. The van der Waals surface area contributed by atoms with E-state index in [9.17, 15) is 0 Å². The van der Waals surface area contributed by atoms with Gasteiger partial charge in [0.2, 0.25) is 0 Å². The van der Waals surface area contributed by atoms with Crippen molar-refractivity contribution in [2.45, 2.75) is 18.9 Å². The van der Waals surface area contributed by atoms with E-state index in [-0.39, 0.29) is 29.5 Å². The van der Waals surface area contributed by atoms with Gasteiger partial charge in [-0.25, -0.2) is 0 Å². The first-order valence-corrected chi connectivity index (χ1v) is 6.48. The Morgan fingerprint density at radius 2 is 2.00 bits per heavy atom. The SMILES string of the molecule is O[C@H]1C=CCC1.[CH3-].[Cl][Pd][Cl]. The molecule has 1 aliphatic rings. The van der Waals surface area contributed by atoms with Crippen LogP contribution in [0.2, 0.25) is 0 Å². The minimum absolute atomic E-state index is 0. The number of aliphatic hydroxyl groups excluding tert-OH is 1. The molecule has 66 valence electrons. The van der Waals surface area contributed by atoms with Gasteiger partial charge >= 0.3 is 35.0 Å². The Hall–Kier alpha value is 0.942. The van der Waals surface area contributed by atoms with Crippen LogP contribution in [-0.2, 0) is 15.9 Å². The van der Waals surface area contributed by atoms with E-state index in [0.29, 0.717) is 0 Å². The first-order chi connectivity index (χ1) is 4.31. The van der Waals surface area contributed by atoms with Gasteiger partial charge in [-0.05, 0) is 12.8 Å². The zero-order valence-electron chi connectivity index (χ0n) is 5.67. The van der Waals surface area contributed by atoms with Crippen LogP contribution in [0, 0.1) is 7.43 Å². The van der Waals surface area contributed by atoms with Crippen molar-refractivity contribution in [3.05, 3.63) is 19.6 Å². The zero-order valence-corrected chi connectivity index (χ0v) is 8.73. The molecule has 0 saturated carbocycles. The summed E-state index contributed by atoms with van der Waals surface area (Å²) in [6.07, 6.45) is 5.69. The van der Waals surface area contributed by atoms with Gasteiger partial charge in [0.15, 0.2) is 0 Å². The molecule has 10 heavy (non-hydrogen) atoms. The number of hydrogen-bond acceptors (Lipinski definition) is 1. The number of rotatable bonds is 0. The fraction of sp³-hybridized carbons (Fsp3) is 0.500. The molecule has 0 unspecified atom stereocenters. The molecule has 1 atom stereocenters. The zero-order chi connectivity index (χ0) is 7.11. The fourth-order valence-corrected chi connectivity index (χ4v) is 0.617. The van der Waals surface area contributed by atoms with E-state index in [1.165, 1.54) is 0 Å². The Bertz CT molecular complexity index is 87.8. The monoisotopic (exact) mass is 275 g/mol. The molecule has 0 amide bonds.